The number of anilines is 1. The van der Waals surface area contributed by atoms with Crippen molar-refractivity contribution < 1.29 is 13.9 Å². The zero-order valence-corrected chi connectivity index (χ0v) is 16.4. The van der Waals surface area contributed by atoms with Gasteiger partial charge in [0.2, 0.25) is 5.95 Å². The molecule has 1 saturated heterocycles. The summed E-state index contributed by atoms with van der Waals surface area (Å²) in [6.07, 6.45) is 3.65. The third-order valence-corrected chi connectivity index (χ3v) is 5.03. The highest BCUT2D eigenvalue weighted by Crippen LogP contribution is 2.22. The summed E-state index contributed by atoms with van der Waals surface area (Å²) >= 11 is 6.11. The number of piperazine rings is 1. The van der Waals surface area contributed by atoms with E-state index in [1.165, 1.54) is 24.3 Å². The van der Waals surface area contributed by atoms with E-state index < -0.39 is 0 Å². The van der Waals surface area contributed by atoms with Crippen molar-refractivity contribution in [1.82, 2.24) is 14.5 Å². The van der Waals surface area contributed by atoms with Crippen LogP contribution in [0.15, 0.2) is 60.9 Å². The van der Waals surface area contributed by atoms with E-state index in [9.17, 15) is 9.18 Å². The van der Waals surface area contributed by atoms with Crippen LogP contribution in [-0.4, -0.2) is 53.1 Å². The van der Waals surface area contributed by atoms with E-state index in [1.807, 2.05) is 35.0 Å². The third kappa shape index (κ3) is 4.51. The molecule has 0 saturated carbocycles. The van der Waals surface area contributed by atoms with Crippen molar-refractivity contribution in [3.05, 3.63) is 71.8 Å². The van der Waals surface area contributed by atoms with E-state index in [2.05, 4.69) is 9.88 Å². The molecule has 6 nitrogen and oxygen atoms in total. The van der Waals surface area contributed by atoms with Gasteiger partial charge in [-0.25, -0.2) is 9.37 Å². The molecule has 0 unspecified atom stereocenters. The van der Waals surface area contributed by atoms with Crippen LogP contribution in [0.5, 0.6) is 5.75 Å². The van der Waals surface area contributed by atoms with Gasteiger partial charge in [0, 0.05) is 49.3 Å². The van der Waals surface area contributed by atoms with Crippen molar-refractivity contribution in [1.29, 1.82) is 0 Å². The number of ether oxygens (including phenoxy) is 1. The lowest BCUT2D eigenvalue weighted by Crippen LogP contribution is -2.50. The molecule has 0 aliphatic carbocycles. The maximum atomic E-state index is 12.9. The highest BCUT2D eigenvalue weighted by molar-refractivity contribution is 6.30. The molecule has 1 amide bonds. The van der Waals surface area contributed by atoms with E-state index in [0.29, 0.717) is 37.0 Å². The first-order chi connectivity index (χ1) is 14.1. The minimum Gasteiger partial charge on any atom is -0.484 e. The monoisotopic (exact) mass is 414 g/mol. The number of aromatic nitrogens is 2. The Labute approximate surface area is 173 Å². The number of carbonyl (C=O) groups excluding carboxylic acids is 1. The topological polar surface area (TPSA) is 50.6 Å². The number of amides is 1. The van der Waals surface area contributed by atoms with Crippen molar-refractivity contribution in [2.75, 3.05) is 37.7 Å². The van der Waals surface area contributed by atoms with Crippen molar-refractivity contribution >= 4 is 23.5 Å². The lowest BCUT2D eigenvalue weighted by Gasteiger charge is -2.35. The number of imidazole rings is 1. The number of hydrogen-bond acceptors (Lipinski definition) is 4. The summed E-state index contributed by atoms with van der Waals surface area (Å²) in [5, 5.41) is 0.665. The van der Waals surface area contributed by atoms with Gasteiger partial charge in [-0.1, -0.05) is 17.7 Å². The van der Waals surface area contributed by atoms with Gasteiger partial charge in [0.25, 0.3) is 5.91 Å². The molecular weight excluding hydrogens is 395 g/mol. The fourth-order valence-electron chi connectivity index (χ4n) is 3.28. The van der Waals surface area contributed by atoms with E-state index in [0.717, 1.165) is 11.6 Å². The fourth-order valence-corrected chi connectivity index (χ4v) is 3.46. The standard InChI is InChI=1S/C21H20ClFN4O2/c22-16-2-1-3-18(14-16)27-9-8-24-21(27)26-12-10-25(11-13-26)20(28)15-29-19-6-4-17(23)5-7-19/h1-9,14H,10-13,15H2. The third-order valence-electron chi connectivity index (χ3n) is 4.80. The van der Waals surface area contributed by atoms with Gasteiger partial charge in [-0.15, -0.1) is 0 Å². The fraction of sp³-hybridized carbons (Fsp3) is 0.238. The number of halogens is 2. The number of rotatable bonds is 5. The maximum Gasteiger partial charge on any atom is 0.260 e. The number of benzene rings is 2. The van der Waals surface area contributed by atoms with Crippen LogP contribution in [0.25, 0.3) is 5.69 Å². The molecule has 0 atom stereocenters. The van der Waals surface area contributed by atoms with E-state index in [-0.39, 0.29) is 18.3 Å². The first-order valence-corrected chi connectivity index (χ1v) is 9.68. The van der Waals surface area contributed by atoms with Crippen LogP contribution in [0, 0.1) is 5.82 Å². The molecule has 3 aromatic rings. The zero-order chi connectivity index (χ0) is 20.2. The molecule has 2 heterocycles. The van der Waals surface area contributed by atoms with Gasteiger partial charge in [-0.3, -0.25) is 9.36 Å². The van der Waals surface area contributed by atoms with Gasteiger partial charge in [-0.2, -0.15) is 0 Å². The Morgan fingerprint density at radius 2 is 1.86 bits per heavy atom. The summed E-state index contributed by atoms with van der Waals surface area (Å²) in [5.74, 6) is 0.868. The molecule has 29 heavy (non-hydrogen) atoms. The summed E-state index contributed by atoms with van der Waals surface area (Å²) in [6, 6.07) is 13.2. The smallest absolute Gasteiger partial charge is 0.260 e. The Morgan fingerprint density at radius 1 is 1.10 bits per heavy atom. The predicted octanol–water partition coefficient (Wildman–Crippen LogP) is 3.39. The van der Waals surface area contributed by atoms with Crippen LogP contribution >= 0.6 is 11.6 Å². The average Bonchev–Trinajstić information content (AvgIpc) is 3.23. The molecule has 0 bridgehead atoms. The largest absolute Gasteiger partial charge is 0.484 e. The summed E-state index contributed by atoms with van der Waals surface area (Å²) in [5.41, 5.74) is 0.941. The van der Waals surface area contributed by atoms with Gasteiger partial charge in [0.1, 0.15) is 11.6 Å². The maximum absolute atomic E-state index is 12.9. The molecule has 4 rings (SSSR count). The highest BCUT2D eigenvalue weighted by Gasteiger charge is 2.24. The molecule has 0 N–H and O–H groups in total. The van der Waals surface area contributed by atoms with Crippen molar-refractivity contribution in [3.63, 3.8) is 0 Å². The summed E-state index contributed by atoms with van der Waals surface area (Å²) in [4.78, 5) is 20.8. The number of carbonyl (C=O) groups is 1. The lowest BCUT2D eigenvalue weighted by atomic mass is 10.3. The lowest BCUT2D eigenvalue weighted by molar-refractivity contribution is -0.133. The normalized spacial score (nSPS) is 14.1. The second-order valence-electron chi connectivity index (χ2n) is 6.69. The van der Waals surface area contributed by atoms with E-state index in [1.54, 1.807) is 11.1 Å². The number of hydrogen-bond donors (Lipinski definition) is 0. The van der Waals surface area contributed by atoms with Crippen LogP contribution in [0.1, 0.15) is 0 Å². The van der Waals surface area contributed by atoms with E-state index in [4.69, 9.17) is 16.3 Å². The SMILES string of the molecule is O=C(COc1ccc(F)cc1)N1CCN(c2nccn2-c2cccc(Cl)c2)CC1. The predicted molar refractivity (Wildman–Crippen MR) is 109 cm³/mol. The Balaban J connectivity index is 1.34. The van der Waals surface area contributed by atoms with Gasteiger partial charge in [-0.05, 0) is 42.5 Å². The highest BCUT2D eigenvalue weighted by atomic mass is 35.5. The Hall–Kier alpha value is -3.06. The molecule has 8 heteroatoms. The van der Waals surface area contributed by atoms with Crippen LogP contribution in [0.3, 0.4) is 0 Å². The zero-order valence-electron chi connectivity index (χ0n) is 15.7. The van der Waals surface area contributed by atoms with E-state index >= 15 is 0 Å². The minimum absolute atomic E-state index is 0.0667. The van der Waals surface area contributed by atoms with Crippen molar-refractivity contribution in [2.24, 2.45) is 0 Å². The van der Waals surface area contributed by atoms with Crippen LogP contribution in [-0.2, 0) is 4.79 Å². The molecule has 0 spiro atoms. The Morgan fingerprint density at radius 3 is 2.59 bits per heavy atom. The Bertz CT molecular complexity index is 984. The molecular formula is C21H20ClFN4O2. The summed E-state index contributed by atoms with van der Waals surface area (Å²) in [6.45, 7) is 2.42. The summed E-state index contributed by atoms with van der Waals surface area (Å²) in [7, 11) is 0. The molecule has 1 aliphatic rings. The van der Waals surface area contributed by atoms with Crippen molar-refractivity contribution in [3.8, 4) is 11.4 Å². The summed E-state index contributed by atoms with van der Waals surface area (Å²) < 4.78 is 20.4. The van der Waals surface area contributed by atoms with Crippen LogP contribution in [0.4, 0.5) is 10.3 Å². The van der Waals surface area contributed by atoms with Crippen LogP contribution < -0.4 is 9.64 Å². The molecule has 150 valence electrons. The van der Waals surface area contributed by atoms with Gasteiger partial charge < -0.3 is 14.5 Å². The molecule has 1 aromatic heterocycles. The first-order valence-electron chi connectivity index (χ1n) is 9.30. The number of nitrogens with zero attached hydrogens (tertiary/aromatic N) is 4. The van der Waals surface area contributed by atoms with Gasteiger partial charge in [0.05, 0.1) is 0 Å². The average molecular weight is 415 g/mol. The first kappa shape index (κ1) is 19.3. The second kappa shape index (κ2) is 8.53. The second-order valence-corrected chi connectivity index (χ2v) is 7.12. The van der Waals surface area contributed by atoms with Crippen molar-refractivity contribution in [2.45, 2.75) is 0 Å². The quantitative estimate of drug-likeness (QED) is 0.642. The molecule has 1 aliphatic heterocycles. The van der Waals surface area contributed by atoms with Crippen LogP contribution in [0.2, 0.25) is 5.02 Å². The molecule has 0 radical (unpaired) electrons. The molecule has 2 aromatic carbocycles. The molecule has 1 fully saturated rings. The Kier molecular flexibility index (Phi) is 5.67. The van der Waals surface area contributed by atoms with Gasteiger partial charge >= 0.3 is 0 Å². The minimum atomic E-state index is -0.337. The van der Waals surface area contributed by atoms with Gasteiger partial charge in [0.15, 0.2) is 6.61 Å².